The SMILES string of the molecule is CN1C(=O)CSC1=Nc1ccc(N2CCOCC2)cc1. The Morgan fingerprint density at radius 3 is 2.50 bits per heavy atom. The highest BCUT2D eigenvalue weighted by Gasteiger charge is 2.24. The second kappa shape index (κ2) is 5.85. The van der Waals surface area contributed by atoms with E-state index in [9.17, 15) is 4.79 Å². The fourth-order valence-corrected chi connectivity index (χ4v) is 3.12. The summed E-state index contributed by atoms with van der Waals surface area (Å²) in [5.74, 6) is 0.597. The lowest BCUT2D eigenvalue weighted by atomic mass is 10.2. The summed E-state index contributed by atoms with van der Waals surface area (Å²) in [5.41, 5.74) is 2.08. The Morgan fingerprint density at radius 2 is 1.90 bits per heavy atom. The number of anilines is 1. The number of rotatable bonds is 2. The topological polar surface area (TPSA) is 45.1 Å². The maximum Gasteiger partial charge on any atom is 0.238 e. The van der Waals surface area contributed by atoms with Crippen LogP contribution < -0.4 is 4.90 Å². The molecular weight excluding hydrogens is 274 g/mol. The van der Waals surface area contributed by atoms with Crippen LogP contribution in [0.2, 0.25) is 0 Å². The maximum atomic E-state index is 11.4. The molecule has 0 saturated carbocycles. The smallest absolute Gasteiger partial charge is 0.238 e. The number of aliphatic imine (C=N–C) groups is 1. The number of thioether (sulfide) groups is 1. The zero-order chi connectivity index (χ0) is 13.9. The van der Waals surface area contributed by atoms with Crippen LogP contribution in [0.25, 0.3) is 0 Å². The minimum atomic E-state index is 0.110. The average molecular weight is 291 g/mol. The van der Waals surface area contributed by atoms with Crippen LogP contribution >= 0.6 is 11.8 Å². The third kappa shape index (κ3) is 2.81. The first-order valence-electron chi connectivity index (χ1n) is 6.65. The van der Waals surface area contributed by atoms with Crippen molar-refractivity contribution in [3.05, 3.63) is 24.3 Å². The van der Waals surface area contributed by atoms with Gasteiger partial charge in [0.2, 0.25) is 5.91 Å². The molecule has 2 saturated heterocycles. The Hall–Kier alpha value is -1.53. The summed E-state index contributed by atoms with van der Waals surface area (Å²) in [6, 6.07) is 8.14. The van der Waals surface area contributed by atoms with Crippen LogP contribution in [0.3, 0.4) is 0 Å². The van der Waals surface area contributed by atoms with Crippen LogP contribution in [0.4, 0.5) is 11.4 Å². The highest BCUT2D eigenvalue weighted by molar-refractivity contribution is 8.15. The van der Waals surface area contributed by atoms with Crippen molar-refractivity contribution < 1.29 is 9.53 Å². The molecule has 2 aliphatic rings. The number of hydrogen-bond donors (Lipinski definition) is 0. The monoisotopic (exact) mass is 291 g/mol. The van der Waals surface area contributed by atoms with Crippen molar-refractivity contribution >= 4 is 34.2 Å². The lowest BCUT2D eigenvalue weighted by molar-refractivity contribution is -0.123. The molecule has 2 heterocycles. The van der Waals surface area contributed by atoms with E-state index in [1.165, 1.54) is 17.4 Å². The van der Waals surface area contributed by atoms with Gasteiger partial charge in [0.05, 0.1) is 24.7 Å². The third-order valence-electron chi connectivity index (χ3n) is 3.44. The number of benzene rings is 1. The second-order valence-electron chi connectivity index (χ2n) is 4.75. The fraction of sp³-hybridized carbons (Fsp3) is 0.429. The summed E-state index contributed by atoms with van der Waals surface area (Å²) in [7, 11) is 1.77. The minimum Gasteiger partial charge on any atom is -0.378 e. The molecule has 0 atom stereocenters. The van der Waals surface area contributed by atoms with Gasteiger partial charge in [-0.1, -0.05) is 11.8 Å². The van der Waals surface area contributed by atoms with Gasteiger partial charge in [-0.25, -0.2) is 4.99 Å². The zero-order valence-corrected chi connectivity index (χ0v) is 12.2. The van der Waals surface area contributed by atoms with Crippen molar-refractivity contribution in [3.8, 4) is 0 Å². The Balaban J connectivity index is 1.73. The summed E-state index contributed by atoms with van der Waals surface area (Å²) in [6.07, 6.45) is 0. The first kappa shape index (κ1) is 13.5. The van der Waals surface area contributed by atoms with Crippen LogP contribution in [-0.2, 0) is 9.53 Å². The molecule has 0 aliphatic carbocycles. The Labute approximate surface area is 122 Å². The van der Waals surface area contributed by atoms with Gasteiger partial charge >= 0.3 is 0 Å². The van der Waals surface area contributed by atoms with E-state index in [1.54, 1.807) is 11.9 Å². The Kier molecular flexibility index (Phi) is 3.93. The van der Waals surface area contributed by atoms with Gasteiger partial charge in [-0.05, 0) is 24.3 Å². The van der Waals surface area contributed by atoms with Crippen molar-refractivity contribution in [1.29, 1.82) is 0 Å². The van der Waals surface area contributed by atoms with Crippen molar-refractivity contribution in [2.24, 2.45) is 4.99 Å². The average Bonchev–Trinajstić information content (AvgIpc) is 2.81. The first-order valence-corrected chi connectivity index (χ1v) is 7.63. The number of morpholine rings is 1. The number of hydrogen-bond acceptors (Lipinski definition) is 5. The van der Waals surface area contributed by atoms with Crippen molar-refractivity contribution in [3.63, 3.8) is 0 Å². The van der Waals surface area contributed by atoms with Gasteiger partial charge in [-0.15, -0.1) is 0 Å². The molecule has 5 nitrogen and oxygen atoms in total. The Morgan fingerprint density at radius 1 is 1.20 bits per heavy atom. The van der Waals surface area contributed by atoms with Gasteiger partial charge in [0.25, 0.3) is 0 Å². The summed E-state index contributed by atoms with van der Waals surface area (Å²) in [5, 5.41) is 0.772. The Bertz CT molecular complexity index is 524. The number of amides is 1. The van der Waals surface area contributed by atoms with E-state index in [2.05, 4.69) is 22.0 Å². The normalized spacial score (nSPS) is 21.9. The molecule has 0 N–H and O–H groups in total. The molecule has 2 fully saturated rings. The van der Waals surface area contributed by atoms with Gasteiger partial charge in [-0.3, -0.25) is 9.69 Å². The molecule has 1 aromatic rings. The molecule has 0 aromatic heterocycles. The van der Waals surface area contributed by atoms with Gasteiger partial charge in [-0.2, -0.15) is 0 Å². The van der Waals surface area contributed by atoms with Crippen LogP contribution in [0.1, 0.15) is 0 Å². The predicted octanol–water partition coefficient (Wildman–Crippen LogP) is 1.72. The van der Waals surface area contributed by atoms with Crippen molar-refractivity contribution in [1.82, 2.24) is 4.90 Å². The van der Waals surface area contributed by atoms with E-state index >= 15 is 0 Å². The van der Waals surface area contributed by atoms with Gasteiger partial charge in [0, 0.05) is 25.8 Å². The molecule has 3 rings (SSSR count). The number of amidine groups is 1. The van der Waals surface area contributed by atoms with Crippen LogP contribution in [0.15, 0.2) is 29.3 Å². The molecule has 0 unspecified atom stereocenters. The lowest BCUT2D eigenvalue weighted by Gasteiger charge is -2.28. The van der Waals surface area contributed by atoms with Crippen LogP contribution in [-0.4, -0.2) is 55.1 Å². The number of nitrogens with zero attached hydrogens (tertiary/aromatic N) is 3. The molecular formula is C14H17N3O2S. The highest BCUT2D eigenvalue weighted by Crippen LogP contribution is 2.25. The number of carbonyl (C=O) groups is 1. The summed E-state index contributed by atoms with van der Waals surface area (Å²) in [4.78, 5) is 19.9. The van der Waals surface area contributed by atoms with E-state index in [4.69, 9.17) is 4.74 Å². The molecule has 20 heavy (non-hydrogen) atoms. The number of carbonyl (C=O) groups excluding carboxylic acids is 1. The van der Waals surface area contributed by atoms with Crippen LogP contribution in [0, 0.1) is 0 Å². The molecule has 106 valence electrons. The minimum absolute atomic E-state index is 0.110. The summed E-state index contributed by atoms with van der Waals surface area (Å²) >= 11 is 1.49. The quantitative estimate of drug-likeness (QED) is 0.832. The fourth-order valence-electron chi connectivity index (χ4n) is 2.20. The highest BCUT2D eigenvalue weighted by atomic mass is 32.2. The molecule has 0 radical (unpaired) electrons. The van der Waals surface area contributed by atoms with Gasteiger partial charge < -0.3 is 9.64 Å². The van der Waals surface area contributed by atoms with E-state index in [-0.39, 0.29) is 5.91 Å². The van der Waals surface area contributed by atoms with Crippen LogP contribution in [0.5, 0.6) is 0 Å². The second-order valence-corrected chi connectivity index (χ2v) is 5.69. The zero-order valence-electron chi connectivity index (χ0n) is 11.4. The molecule has 0 spiro atoms. The molecule has 0 bridgehead atoms. The molecule has 1 aromatic carbocycles. The molecule has 6 heteroatoms. The maximum absolute atomic E-state index is 11.4. The van der Waals surface area contributed by atoms with E-state index in [1.807, 2.05) is 12.1 Å². The number of ether oxygens (including phenoxy) is 1. The van der Waals surface area contributed by atoms with Gasteiger partial charge in [0.15, 0.2) is 5.17 Å². The van der Waals surface area contributed by atoms with E-state index in [0.29, 0.717) is 5.75 Å². The van der Waals surface area contributed by atoms with Gasteiger partial charge in [0.1, 0.15) is 0 Å². The predicted molar refractivity (Wildman–Crippen MR) is 81.8 cm³/mol. The van der Waals surface area contributed by atoms with Crippen molar-refractivity contribution in [2.45, 2.75) is 0 Å². The van der Waals surface area contributed by atoms with E-state index in [0.717, 1.165) is 37.2 Å². The first-order chi connectivity index (χ1) is 9.74. The summed E-state index contributed by atoms with van der Waals surface area (Å²) < 4.78 is 5.35. The van der Waals surface area contributed by atoms with E-state index < -0.39 is 0 Å². The third-order valence-corrected chi connectivity index (χ3v) is 4.45. The molecule has 2 aliphatic heterocycles. The summed E-state index contributed by atoms with van der Waals surface area (Å²) in [6.45, 7) is 3.43. The lowest BCUT2D eigenvalue weighted by Crippen LogP contribution is -2.36. The van der Waals surface area contributed by atoms with Crippen molar-refractivity contribution in [2.75, 3.05) is 44.0 Å². The molecule has 1 amide bonds. The largest absolute Gasteiger partial charge is 0.378 e. The standard InChI is InChI=1S/C14H17N3O2S/c1-16-13(18)10-20-14(16)15-11-2-4-12(5-3-11)17-6-8-19-9-7-17/h2-5H,6-10H2,1H3.